The molecule has 1 saturated heterocycles. The molecule has 17 heavy (non-hydrogen) atoms. The molecule has 3 N–H and O–H groups in total. The van der Waals surface area contributed by atoms with Gasteiger partial charge in [0.05, 0.1) is 5.54 Å². The number of benzene rings is 1. The van der Waals surface area contributed by atoms with E-state index in [1.165, 1.54) is 6.07 Å². The summed E-state index contributed by atoms with van der Waals surface area (Å²) >= 11 is 0. The lowest BCUT2D eigenvalue weighted by Crippen LogP contribution is -2.68. The molecule has 0 unspecified atom stereocenters. The third-order valence-electron chi connectivity index (χ3n) is 3.44. The first-order valence-corrected chi connectivity index (χ1v) is 5.83. The van der Waals surface area contributed by atoms with Crippen LogP contribution in [0.2, 0.25) is 0 Å². The fourth-order valence-corrected chi connectivity index (χ4v) is 2.14. The molecule has 0 saturated carbocycles. The summed E-state index contributed by atoms with van der Waals surface area (Å²) in [5, 5.41) is 9.31. The molecule has 1 fully saturated rings. The molecule has 4 nitrogen and oxygen atoms in total. The summed E-state index contributed by atoms with van der Waals surface area (Å²) in [5.41, 5.74) is 7.26. The molecule has 0 bridgehead atoms. The first-order valence-electron chi connectivity index (χ1n) is 5.83. The van der Waals surface area contributed by atoms with E-state index in [1.54, 1.807) is 17.0 Å². The van der Waals surface area contributed by atoms with Crippen molar-refractivity contribution < 1.29 is 9.90 Å². The number of amides is 1. The first kappa shape index (κ1) is 11.9. The number of nitrogens with two attached hydrogens (primary N) is 1. The van der Waals surface area contributed by atoms with E-state index in [9.17, 15) is 9.90 Å². The fourth-order valence-electron chi connectivity index (χ4n) is 2.14. The van der Waals surface area contributed by atoms with Gasteiger partial charge < -0.3 is 15.7 Å². The molecule has 0 aliphatic carbocycles. The maximum absolute atomic E-state index is 12.2. The summed E-state index contributed by atoms with van der Waals surface area (Å²) in [6.45, 7) is 5.08. The molecule has 1 aliphatic rings. The molecule has 0 radical (unpaired) electrons. The second kappa shape index (κ2) is 4.04. The number of phenols is 1. The zero-order valence-corrected chi connectivity index (χ0v) is 10.2. The molecule has 0 atom stereocenters. The largest absolute Gasteiger partial charge is 0.508 e. The van der Waals surface area contributed by atoms with Crippen LogP contribution in [0.3, 0.4) is 0 Å². The van der Waals surface area contributed by atoms with Gasteiger partial charge >= 0.3 is 0 Å². The van der Waals surface area contributed by atoms with Crippen molar-refractivity contribution in [2.24, 2.45) is 5.73 Å². The van der Waals surface area contributed by atoms with Gasteiger partial charge in [-0.25, -0.2) is 0 Å². The van der Waals surface area contributed by atoms with Gasteiger partial charge in [0.1, 0.15) is 5.75 Å². The number of carbonyl (C=O) groups is 1. The minimum Gasteiger partial charge on any atom is -0.508 e. The van der Waals surface area contributed by atoms with E-state index >= 15 is 0 Å². The lowest BCUT2D eigenvalue weighted by Gasteiger charge is -2.47. The lowest BCUT2D eigenvalue weighted by atomic mass is 9.87. The van der Waals surface area contributed by atoms with Gasteiger partial charge in [-0.05, 0) is 37.1 Å². The number of rotatable bonds is 2. The summed E-state index contributed by atoms with van der Waals surface area (Å²) in [4.78, 5) is 13.9. The van der Waals surface area contributed by atoms with Gasteiger partial charge in [0.15, 0.2) is 0 Å². The van der Waals surface area contributed by atoms with Crippen molar-refractivity contribution in [1.29, 1.82) is 0 Å². The number of hydrogen-bond donors (Lipinski definition) is 2. The smallest absolute Gasteiger partial charge is 0.254 e. The summed E-state index contributed by atoms with van der Waals surface area (Å²) < 4.78 is 0. The van der Waals surface area contributed by atoms with Crippen molar-refractivity contribution in [3.63, 3.8) is 0 Å². The molecular weight excluding hydrogens is 216 g/mol. The van der Waals surface area contributed by atoms with Crippen molar-refractivity contribution in [3.8, 4) is 5.75 Å². The summed E-state index contributed by atoms with van der Waals surface area (Å²) in [7, 11) is 0. The number of carbonyl (C=O) groups excluding carboxylic acids is 1. The number of phenolic OH excluding ortho intramolecular Hbond substituents is 1. The third-order valence-corrected chi connectivity index (χ3v) is 3.44. The van der Waals surface area contributed by atoms with Crippen LogP contribution in [-0.2, 0) is 0 Å². The van der Waals surface area contributed by atoms with E-state index in [2.05, 4.69) is 0 Å². The van der Waals surface area contributed by atoms with Crippen molar-refractivity contribution >= 4 is 5.91 Å². The second-order valence-electron chi connectivity index (χ2n) is 4.88. The zero-order valence-electron chi connectivity index (χ0n) is 10.2. The fraction of sp³-hybridized carbons (Fsp3) is 0.462. The van der Waals surface area contributed by atoms with E-state index < -0.39 is 0 Å². The van der Waals surface area contributed by atoms with Crippen LogP contribution in [0.4, 0.5) is 0 Å². The maximum Gasteiger partial charge on any atom is 0.254 e. The van der Waals surface area contributed by atoms with E-state index in [0.29, 0.717) is 18.7 Å². The van der Waals surface area contributed by atoms with Crippen molar-refractivity contribution in [3.05, 3.63) is 29.3 Å². The van der Waals surface area contributed by atoms with Crippen molar-refractivity contribution in [2.45, 2.75) is 25.8 Å². The Morgan fingerprint density at radius 1 is 1.53 bits per heavy atom. The molecular formula is C13H18N2O2. The highest BCUT2D eigenvalue weighted by atomic mass is 16.3. The van der Waals surface area contributed by atoms with E-state index in [-0.39, 0.29) is 17.2 Å². The first-order chi connectivity index (χ1) is 7.95. The standard InChI is InChI=1S/C13H18N2O2/c1-3-13(14)7-15(8-13)12(17)11-5-4-10(16)6-9(11)2/h4-6,16H,3,7-8,14H2,1-2H3. The van der Waals surface area contributed by atoms with Crippen LogP contribution in [0.1, 0.15) is 29.3 Å². The van der Waals surface area contributed by atoms with Crippen LogP contribution in [0.15, 0.2) is 18.2 Å². The Bertz CT molecular complexity index is 451. The van der Waals surface area contributed by atoms with Gasteiger partial charge in [-0.3, -0.25) is 4.79 Å². The monoisotopic (exact) mass is 234 g/mol. The Kier molecular flexibility index (Phi) is 2.83. The molecule has 0 spiro atoms. The van der Waals surface area contributed by atoms with Crippen LogP contribution in [-0.4, -0.2) is 34.5 Å². The van der Waals surface area contributed by atoms with Crippen LogP contribution in [0.5, 0.6) is 5.75 Å². The maximum atomic E-state index is 12.2. The predicted octanol–water partition coefficient (Wildman–Crippen LogP) is 1.26. The summed E-state index contributed by atoms with van der Waals surface area (Å²) in [5.74, 6) is 0.182. The van der Waals surface area contributed by atoms with Gasteiger partial charge in [0.2, 0.25) is 0 Å². The van der Waals surface area contributed by atoms with Gasteiger partial charge in [-0.2, -0.15) is 0 Å². The Labute approximate surface area is 101 Å². The van der Waals surface area contributed by atoms with E-state index in [0.717, 1.165) is 12.0 Å². The van der Waals surface area contributed by atoms with Crippen LogP contribution in [0.25, 0.3) is 0 Å². The average molecular weight is 234 g/mol. The summed E-state index contributed by atoms with van der Waals surface area (Å²) in [6.07, 6.45) is 0.880. The quantitative estimate of drug-likeness (QED) is 0.809. The van der Waals surface area contributed by atoms with Crippen molar-refractivity contribution in [1.82, 2.24) is 4.90 Å². The molecule has 2 rings (SSSR count). The highest BCUT2D eigenvalue weighted by molar-refractivity contribution is 5.96. The number of hydrogen-bond acceptors (Lipinski definition) is 3. The second-order valence-corrected chi connectivity index (χ2v) is 4.88. The van der Waals surface area contributed by atoms with E-state index in [4.69, 9.17) is 5.73 Å². The molecule has 1 aromatic carbocycles. The van der Waals surface area contributed by atoms with E-state index in [1.807, 2.05) is 13.8 Å². The van der Waals surface area contributed by atoms with Crippen molar-refractivity contribution in [2.75, 3.05) is 13.1 Å². The van der Waals surface area contributed by atoms with Crippen LogP contribution in [0, 0.1) is 6.92 Å². The summed E-state index contributed by atoms with van der Waals surface area (Å²) in [6, 6.07) is 4.80. The highest BCUT2D eigenvalue weighted by Crippen LogP contribution is 2.25. The molecule has 92 valence electrons. The van der Waals surface area contributed by atoms with Gasteiger partial charge in [0, 0.05) is 18.7 Å². The molecule has 1 amide bonds. The lowest BCUT2D eigenvalue weighted by molar-refractivity contribution is 0.0400. The predicted molar refractivity (Wildman–Crippen MR) is 66.0 cm³/mol. The van der Waals surface area contributed by atoms with Crippen LogP contribution < -0.4 is 5.73 Å². The number of likely N-dealkylation sites (tertiary alicyclic amines) is 1. The third kappa shape index (κ3) is 2.13. The topological polar surface area (TPSA) is 66.6 Å². The molecule has 4 heteroatoms. The Morgan fingerprint density at radius 2 is 2.18 bits per heavy atom. The van der Waals surface area contributed by atoms with Crippen LogP contribution >= 0.6 is 0 Å². The highest BCUT2D eigenvalue weighted by Gasteiger charge is 2.40. The molecule has 1 aromatic rings. The van der Waals surface area contributed by atoms with Gasteiger partial charge in [0.25, 0.3) is 5.91 Å². The van der Waals surface area contributed by atoms with Gasteiger partial charge in [-0.15, -0.1) is 0 Å². The average Bonchev–Trinajstić information content (AvgIpc) is 2.24. The normalized spacial score (nSPS) is 17.7. The number of aromatic hydroxyl groups is 1. The molecule has 0 aromatic heterocycles. The Morgan fingerprint density at radius 3 is 2.71 bits per heavy atom. The Hall–Kier alpha value is -1.55. The molecule has 1 aliphatic heterocycles. The van der Waals surface area contributed by atoms with Gasteiger partial charge in [-0.1, -0.05) is 6.92 Å². The zero-order chi connectivity index (χ0) is 12.6. The molecule has 1 heterocycles. The minimum absolute atomic E-state index is 0.00275. The minimum atomic E-state index is -0.208. The SMILES string of the molecule is CCC1(N)CN(C(=O)c2ccc(O)cc2C)C1. The number of aryl methyl sites for hydroxylation is 1. The number of nitrogens with zero attached hydrogens (tertiary/aromatic N) is 1. The Balaban J connectivity index is 2.12.